The quantitative estimate of drug-likeness (QED) is 0.703. The van der Waals surface area contributed by atoms with Crippen molar-refractivity contribution >= 4 is 43.2 Å². The third-order valence-electron chi connectivity index (χ3n) is 2.91. The molecule has 0 heterocycles. The molecule has 2 nitrogen and oxygen atoms in total. The molecule has 0 saturated heterocycles. The van der Waals surface area contributed by atoms with Gasteiger partial charge in [-0.1, -0.05) is 37.9 Å². The Kier molecular flexibility index (Phi) is 4.62. The first kappa shape index (κ1) is 14.1. The van der Waals surface area contributed by atoms with E-state index in [1.54, 1.807) is 0 Å². The molecule has 0 aliphatic carbocycles. The molecule has 4 heteroatoms. The number of nitriles is 1. The molecule has 0 N–H and O–H groups in total. The Bertz CT molecular complexity index is 632. The van der Waals surface area contributed by atoms with Crippen molar-refractivity contribution < 1.29 is 0 Å². The maximum absolute atomic E-state index is 8.97. The fourth-order valence-corrected chi connectivity index (χ4v) is 2.77. The summed E-state index contributed by atoms with van der Waals surface area (Å²) in [5, 5.41) is 9.75. The molecule has 0 aromatic heterocycles. The van der Waals surface area contributed by atoms with Gasteiger partial charge in [-0.15, -0.1) is 0 Å². The molecule has 0 radical (unpaired) electrons. The molecule has 0 spiro atoms. The lowest BCUT2D eigenvalue weighted by atomic mass is 10.1. The molecular formula is C15H12Br2N2. The van der Waals surface area contributed by atoms with Gasteiger partial charge in [0.2, 0.25) is 0 Å². The van der Waals surface area contributed by atoms with Gasteiger partial charge < -0.3 is 4.90 Å². The minimum Gasteiger partial charge on any atom is -0.344 e. The first-order valence-electron chi connectivity index (χ1n) is 5.74. The van der Waals surface area contributed by atoms with Crippen LogP contribution in [0.5, 0.6) is 0 Å². The second-order valence-electron chi connectivity index (χ2n) is 4.13. The molecular weight excluding hydrogens is 368 g/mol. The van der Waals surface area contributed by atoms with Crippen molar-refractivity contribution in [3.63, 3.8) is 0 Å². The normalized spacial score (nSPS) is 10.0. The van der Waals surface area contributed by atoms with Crippen molar-refractivity contribution in [2.75, 3.05) is 11.9 Å². The summed E-state index contributed by atoms with van der Waals surface area (Å²) in [4.78, 5) is 2.09. The van der Waals surface area contributed by atoms with Crippen molar-refractivity contribution in [3.8, 4) is 6.07 Å². The maximum Gasteiger partial charge on any atom is 0.0992 e. The Balaban J connectivity index is 2.43. The Morgan fingerprint density at radius 1 is 1.21 bits per heavy atom. The van der Waals surface area contributed by atoms with Crippen LogP contribution < -0.4 is 4.90 Å². The standard InChI is InChI=1S/C15H12Br2N2/c1-19(14-4-2-3-11(7-14)10-18)15-6-5-13(17)8-12(15)9-16/h2-8H,9H2,1H3. The summed E-state index contributed by atoms with van der Waals surface area (Å²) >= 11 is 6.99. The second kappa shape index (κ2) is 6.23. The van der Waals surface area contributed by atoms with Gasteiger partial charge in [-0.05, 0) is 42.0 Å². The molecule has 2 aromatic carbocycles. The Morgan fingerprint density at radius 3 is 2.68 bits per heavy atom. The van der Waals surface area contributed by atoms with Gasteiger partial charge in [-0.3, -0.25) is 0 Å². The number of alkyl halides is 1. The van der Waals surface area contributed by atoms with E-state index in [0.717, 1.165) is 21.2 Å². The largest absolute Gasteiger partial charge is 0.344 e. The zero-order valence-corrected chi connectivity index (χ0v) is 13.6. The maximum atomic E-state index is 8.97. The first-order valence-corrected chi connectivity index (χ1v) is 7.65. The van der Waals surface area contributed by atoms with E-state index in [2.05, 4.69) is 55.0 Å². The van der Waals surface area contributed by atoms with E-state index in [1.807, 2.05) is 37.4 Å². The van der Waals surface area contributed by atoms with Crippen LogP contribution in [0.2, 0.25) is 0 Å². The van der Waals surface area contributed by atoms with Crippen molar-refractivity contribution in [1.82, 2.24) is 0 Å². The van der Waals surface area contributed by atoms with E-state index in [-0.39, 0.29) is 0 Å². The number of halogens is 2. The number of nitrogens with zero attached hydrogens (tertiary/aromatic N) is 2. The molecule has 0 unspecified atom stereocenters. The molecule has 2 aromatic rings. The zero-order valence-electron chi connectivity index (χ0n) is 10.4. The van der Waals surface area contributed by atoms with Crippen molar-refractivity contribution in [2.45, 2.75) is 5.33 Å². The highest BCUT2D eigenvalue weighted by molar-refractivity contribution is 9.10. The highest BCUT2D eigenvalue weighted by Gasteiger charge is 2.09. The molecule has 0 amide bonds. The summed E-state index contributed by atoms with van der Waals surface area (Å²) in [6.07, 6.45) is 0. The SMILES string of the molecule is CN(c1cccc(C#N)c1)c1ccc(Br)cc1CBr. The average molecular weight is 380 g/mol. The lowest BCUT2D eigenvalue weighted by molar-refractivity contribution is 1.18. The topological polar surface area (TPSA) is 27.0 Å². The van der Waals surface area contributed by atoms with Crippen LogP contribution in [0.3, 0.4) is 0 Å². The predicted molar refractivity (Wildman–Crippen MR) is 86.0 cm³/mol. The van der Waals surface area contributed by atoms with Crippen molar-refractivity contribution in [3.05, 3.63) is 58.1 Å². The van der Waals surface area contributed by atoms with E-state index < -0.39 is 0 Å². The molecule has 96 valence electrons. The summed E-state index contributed by atoms with van der Waals surface area (Å²) < 4.78 is 1.06. The number of rotatable bonds is 3. The van der Waals surface area contributed by atoms with Crippen molar-refractivity contribution in [2.24, 2.45) is 0 Å². The summed E-state index contributed by atoms with van der Waals surface area (Å²) in [6, 6.07) is 15.9. The number of hydrogen-bond acceptors (Lipinski definition) is 2. The highest BCUT2D eigenvalue weighted by Crippen LogP contribution is 2.31. The van der Waals surface area contributed by atoms with Gasteiger partial charge in [0, 0.05) is 28.2 Å². The fraction of sp³-hybridized carbons (Fsp3) is 0.133. The molecule has 19 heavy (non-hydrogen) atoms. The van der Waals surface area contributed by atoms with Gasteiger partial charge in [0.25, 0.3) is 0 Å². The van der Waals surface area contributed by atoms with Crippen LogP contribution in [-0.2, 0) is 5.33 Å². The molecule has 0 fully saturated rings. The summed E-state index contributed by atoms with van der Waals surface area (Å²) in [6.45, 7) is 0. The molecule has 0 saturated carbocycles. The predicted octanol–water partition coefficient (Wildman–Crippen LogP) is 4.98. The summed E-state index contributed by atoms with van der Waals surface area (Å²) in [5.74, 6) is 0. The van der Waals surface area contributed by atoms with E-state index in [1.165, 1.54) is 5.56 Å². The minimum absolute atomic E-state index is 0.668. The van der Waals surface area contributed by atoms with Crippen molar-refractivity contribution in [1.29, 1.82) is 5.26 Å². The van der Waals surface area contributed by atoms with Gasteiger partial charge in [0.05, 0.1) is 11.6 Å². The smallest absolute Gasteiger partial charge is 0.0992 e. The third-order valence-corrected chi connectivity index (χ3v) is 4.01. The number of hydrogen-bond donors (Lipinski definition) is 0. The molecule has 0 aliphatic rings. The molecule has 0 atom stereocenters. The molecule has 0 bridgehead atoms. The van der Waals surface area contributed by atoms with Gasteiger partial charge in [-0.25, -0.2) is 0 Å². The second-order valence-corrected chi connectivity index (χ2v) is 5.60. The van der Waals surface area contributed by atoms with E-state index in [0.29, 0.717) is 5.56 Å². The Morgan fingerprint density at radius 2 is 2.00 bits per heavy atom. The number of anilines is 2. The monoisotopic (exact) mass is 378 g/mol. The fourth-order valence-electron chi connectivity index (χ4n) is 1.91. The highest BCUT2D eigenvalue weighted by atomic mass is 79.9. The van der Waals surface area contributed by atoms with Crippen LogP contribution in [0.25, 0.3) is 0 Å². The van der Waals surface area contributed by atoms with E-state index in [9.17, 15) is 0 Å². The lowest BCUT2D eigenvalue weighted by Gasteiger charge is -2.22. The van der Waals surface area contributed by atoms with Gasteiger partial charge in [0.1, 0.15) is 0 Å². The third kappa shape index (κ3) is 3.17. The minimum atomic E-state index is 0.668. The zero-order chi connectivity index (χ0) is 13.8. The average Bonchev–Trinajstić information content (AvgIpc) is 2.46. The van der Waals surface area contributed by atoms with Crippen LogP contribution in [0, 0.1) is 11.3 Å². The van der Waals surface area contributed by atoms with Gasteiger partial charge >= 0.3 is 0 Å². The van der Waals surface area contributed by atoms with E-state index in [4.69, 9.17) is 5.26 Å². The van der Waals surface area contributed by atoms with Gasteiger partial charge in [-0.2, -0.15) is 5.26 Å². The summed E-state index contributed by atoms with van der Waals surface area (Å²) in [7, 11) is 2.01. The van der Waals surface area contributed by atoms with Gasteiger partial charge in [0.15, 0.2) is 0 Å². The first-order chi connectivity index (χ1) is 9.15. The van der Waals surface area contributed by atoms with Crippen LogP contribution in [0.1, 0.15) is 11.1 Å². The van der Waals surface area contributed by atoms with Crippen LogP contribution in [0.15, 0.2) is 46.9 Å². The summed E-state index contributed by atoms with van der Waals surface area (Å²) in [5.41, 5.74) is 3.99. The van der Waals surface area contributed by atoms with E-state index >= 15 is 0 Å². The van der Waals surface area contributed by atoms with Crippen LogP contribution in [0.4, 0.5) is 11.4 Å². The number of benzene rings is 2. The molecule has 0 aliphatic heterocycles. The Hall–Kier alpha value is -1.31. The van der Waals surface area contributed by atoms with Crippen LogP contribution in [-0.4, -0.2) is 7.05 Å². The Labute approximate surface area is 129 Å². The van der Waals surface area contributed by atoms with Crippen LogP contribution >= 0.6 is 31.9 Å². The molecule has 2 rings (SSSR count). The lowest BCUT2D eigenvalue weighted by Crippen LogP contribution is -2.11.